The van der Waals surface area contributed by atoms with Crippen LogP contribution in [-0.2, 0) is 4.79 Å². The fourth-order valence-electron chi connectivity index (χ4n) is 6.55. The molecule has 0 radical (unpaired) electrons. The summed E-state index contributed by atoms with van der Waals surface area (Å²) in [5, 5.41) is 15.4. The molecule has 6 rings (SSSR count). The topological polar surface area (TPSA) is 129 Å². The molecule has 2 saturated heterocycles. The first kappa shape index (κ1) is 32.1. The van der Waals surface area contributed by atoms with Gasteiger partial charge in [0.15, 0.2) is 5.65 Å². The van der Waals surface area contributed by atoms with Gasteiger partial charge < -0.3 is 20.3 Å². The molecule has 2 aromatic carbocycles. The van der Waals surface area contributed by atoms with E-state index in [0.717, 1.165) is 39.1 Å². The number of likely N-dealkylation sites (tertiary alicyclic amines) is 1. The summed E-state index contributed by atoms with van der Waals surface area (Å²) >= 11 is 0. The number of aromatic nitrogens is 4. The number of piperazine rings is 1. The van der Waals surface area contributed by atoms with Crippen molar-refractivity contribution < 1.29 is 13.9 Å². The second kappa shape index (κ2) is 13.5. The van der Waals surface area contributed by atoms with Crippen LogP contribution in [0.15, 0.2) is 66.5 Å². The van der Waals surface area contributed by atoms with Crippen LogP contribution < -0.4 is 10.5 Å². The molecule has 2 N–H and O–H groups in total. The summed E-state index contributed by atoms with van der Waals surface area (Å²) in [6.45, 7) is 11.8. The van der Waals surface area contributed by atoms with E-state index in [9.17, 15) is 10.1 Å². The van der Waals surface area contributed by atoms with Gasteiger partial charge in [0.25, 0.3) is 5.91 Å². The van der Waals surface area contributed by atoms with Crippen LogP contribution in [0.25, 0.3) is 22.3 Å². The molecular weight excluding hydrogens is 597 g/mol. The molecule has 2 aliphatic rings. The summed E-state index contributed by atoms with van der Waals surface area (Å²) in [7, 11) is 0. The summed E-state index contributed by atoms with van der Waals surface area (Å²) in [5.41, 5.74) is 7.00. The van der Waals surface area contributed by atoms with Gasteiger partial charge in [0.1, 0.15) is 46.8 Å². The lowest BCUT2D eigenvalue weighted by atomic mass is 9.96. The van der Waals surface area contributed by atoms with Crippen LogP contribution in [-0.4, -0.2) is 91.7 Å². The van der Waals surface area contributed by atoms with E-state index in [1.165, 1.54) is 12.4 Å². The predicted molar refractivity (Wildman–Crippen MR) is 178 cm³/mol. The van der Waals surface area contributed by atoms with Crippen molar-refractivity contribution in [3.63, 3.8) is 0 Å². The van der Waals surface area contributed by atoms with Gasteiger partial charge in [-0.3, -0.25) is 9.69 Å². The number of carbonyl (C=O) groups is 1. The Morgan fingerprint density at radius 2 is 1.87 bits per heavy atom. The molecule has 11 nitrogen and oxygen atoms in total. The molecule has 0 bridgehead atoms. The van der Waals surface area contributed by atoms with Crippen LogP contribution in [0.3, 0.4) is 0 Å². The number of amides is 1. The van der Waals surface area contributed by atoms with Gasteiger partial charge in [-0.05, 0) is 63.6 Å². The molecule has 47 heavy (non-hydrogen) atoms. The number of rotatable bonds is 8. The minimum Gasteiger partial charge on any atom is -0.457 e. The molecular formula is C35H40FN9O2. The van der Waals surface area contributed by atoms with Gasteiger partial charge in [0, 0.05) is 56.4 Å². The smallest absolute Gasteiger partial charge is 0.264 e. The van der Waals surface area contributed by atoms with Crippen molar-refractivity contribution in [3.8, 4) is 28.8 Å². The number of para-hydroxylation sites is 1. The third kappa shape index (κ3) is 6.68. The van der Waals surface area contributed by atoms with E-state index in [1.54, 1.807) is 33.8 Å². The number of hydrogen-bond donors (Lipinski definition) is 1. The zero-order valence-corrected chi connectivity index (χ0v) is 27.1. The largest absolute Gasteiger partial charge is 0.457 e. The molecule has 0 unspecified atom stereocenters. The van der Waals surface area contributed by atoms with Gasteiger partial charge in [-0.1, -0.05) is 25.1 Å². The number of hydrogen-bond acceptors (Lipinski definition) is 9. The molecule has 2 aromatic heterocycles. The predicted octanol–water partition coefficient (Wildman–Crippen LogP) is 5.04. The number of ether oxygens (including phenoxy) is 1. The van der Waals surface area contributed by atoms with E-state index in [-0.39, 0.29) is 28.9 Å². The number of anilines is 1. The zero-order chi connectivity index (χ0) is 33.1. The Balaban J connectivity index is 1.26. The third-order valence-electron chi connectivity index (χ3n) is 9.21. The van der Waals surface area contributed by atoms with Crippen molar-refractivity contribution in [2.45, 2.75) is 45.2 Å². The molecule has 1 atom stereocenters. The summed E-state index contributed by atoms with van der Waals surface area (Å²) in [6.07, 6.45) is 4.59. The Kier molecular flexibility index (Phi) is 9.20. The first-order chi connectivity index (χ1) is 22.7. The monoisotopic (exact) mass is 637 g/mol. The average Bonchev–Trinajstić information content (AvgIpc) is 3.48. The molecule has 4 aromatic rings. The molecule has 244 valence electrons. The molecule has 2 fully saturated rings. The maximum absolute atomic E-state index is 15.6. The van der Waals surface area contributed by atoms with Crippen molar-refractivity contribution in [2.24, 2.45) is 0 Å². The van der Waals surface area contributed by atoms with Crippen LogP contribution in [0.5, 0.6) is 11.5 Å². The number of benzene rings is 2. The number of likely N-dealkylation sites (N-methyl/N-ethyl adjacent to an activating group) is 1. The molecule has 0 spiro atoms. The van der Waals surface area contributed by atoms with Crippen molar-refractivity contribution in [1.82, 2.24) is 34.4 Å². The van der Waals surface area contributed by atoms with Gasteiger partial charge in [-0.25, -0.2) is 19.0 Å². The normalized spacial score (nSPS) is 18.3. The molecule has 12 heteroatoms. The summed E-state index contributed by atoms with van der Waals surface area (Å²) in [5.74, 6) is 0.288. The van der Waals surface area contributed by atoms with Crippen LogP contribution in [0.1, 0.15) is 39.7 Å². The summed E-state index contributed by atoms with van der Waals surface area (Å²) in [4.78, 5) is 28.9. The van der Waals surface area contributed by atoms with E-state index in [1.807, 2.05) is 24.3 Å². The van der Waals surface area contributed by atoms with E-state index >= 15 is 4.39 Å². The molecule has 0 aliphatic carbocycles. The Bertz CT molecular complexity index is 1820. The molecule has 0 saturated carbocycles. The minimum absolute atomic E-state index is 0.131. The van der Waals surface area contributed by atoms with E-state index in [4.69, 9.17) is 15.6 Å². The standard InChI is InChI=1S/C35H40FN9O2/c1-4-42-15-17-44(18-16-42)35(2,3)20-24(21-37)34(46)43-14-8-9-25(22-43)45-33-30(32(38)39-23-40-33)31(41-45)28-13-12-27(19-29(28)36)47-26-10-6-5-7-11-26/h5-7,10-13,19-20,23,25H,4,8-9,14-18,22H2,1-3H3,(H2,38,39,40)/b24-20+/t25-/m0/s1. The summed E-state index contributed by atoms with van der Waals surface area (Å²) in [6, 6.07) is 15.7. The van der Waals surface area contributed by atoms with E-state index in [2.05, 4.69) is 46.6 Å². The van der Waals surface area contributed by atoms with Gasteiger partial charge >= 0.3 is 0 Å². The maximum Gasteiger partial charge on any atom is 0.264 e. The SMILES string of the molecule is CCN1CCN(C(C)(C)/C=C(\C#N)C(=O)N2CCC[C@H](n3nc(-c4ccc(Oc5ccccc5)cc4F)c4c(N)ncnc43)C2)CC1. The number of carbonyl (C=O) groups excluding carboxylic acids is 1. The van der Waals surface area contributed by atoms with Crippen molar-refractivity contribution in [3.05, 3.63) is 72.3 Å². The van der Waals surface area contributed by atoms with E-state index in [0.29, 0.717) is 47.7 Å². The second-order valence-corrected chi connectivity index (χ2v) is 12.6. The molecule has 1 amide bonds. The van der Waals surface area contributed by atoms with Crippen LogP contribution in [0.2, 0.25) is 0 Å². The number of nitrogen functional groups attached to an aromatic ring is 1. The lowest BCUT2D eigenvalue weighted by Gasteiger charge is -2.42. The minimum atomic E-state index is -0.531. The highest BCUT2D eigenvalue weighted by molar-refractivity contribution is 5.99. The first-order valence-corrected chi connectivity index (χ1v) is 16.1. The van der Waals surface area contributed by atoms with Gasteiger partial charge in [-0.2, -0.15) is 10.4 Å². The van der Waals surface area contributed by atoms with Gasteiger partial charge in [0.2, 0.25) is 0 Å². The Morgan fingerprint density at radius 1 is 1.11 bits per heavy atom. The van der Waals surface area contributed by atoms with E-state index < -0.39 is 11.4 Å². The second-order valence-electron chi connectivity index (χ2n) is 12.6. The van der Waals surface area contributed by atoms with Crippen molar-refractivity contribution >= 4 is 22.8 Å². The zero-order valence-electron chi connectivity index (χ0n) is 27.1. The fraction of sp³-hybridized carbons (Fsp3) is 0.400. The molecule has 4 heterocycles. The average molecular weight is 638 g/mol. The Labute approximate surface area is 274 Å². The number of fused-ring (bicyclic) bond motifs is 1. The van der Waals surface area contributed by atoms with Crippen LogP contribution in [0, 0.1) is 17.1 Å². The summed E-state index contributed by atoms with van der Waals surface area (Å²) < 4.78 is 23.2. The van der Waals surface area contributed by atoms with Crippen LogP contribution >= 0.6 is 0 Å². The number of halogens is 1. The maximum atomic E-state index is 15.6. The van der Waals surface area contributed by atoms with Crippen molar-refractivity contribution in [2.75, 3.05) is 51.5 Å². The Morgan fingerprint density at radius 3 is 2.57 bits per heavy atom. The number of nitrogens with two attached hydrogens (primary N) is 1. The highest BCUT2D eigenvalue weighted by Gasteiger charge is 2.33. The molecule has 2 aliphatic heterocycles. The van der Waals surface area contributed by atoms with Gasteiger partial charge in [0.05, 0.1) is 11.4 Å². The third-order valence-corrected chi connectivity index (χ3v) is 9.21. The lowest BCUT2D eigenvalue weighted by Crippen LogP contribution is -2.54. The Hall–Kier alpha value is -4.86. The highest BCUT2D eigenvalue weighted by Crippen LogP contribution is 2.36. The van der Waals surface area contributed by atoms with Crippen molar-refractivity contribution in [1.29, 1.82) is 5.26 Å². The quantitative estimate of drug-likeness (QED) is 0.209. The number of nitriles is 1. The lowest BCUT2D eigenvalue weighted by molar-refractivity contribution is -0.128. The van der Waals surface area contributed by atoms with Crippen LogP contribution in [0.4, 0.5) is 10.2 Å². The highest BCUT2D eigenvalue weighted by atomic mass is 19.1. The fourth-order valence-corrected chi connectivity index (χ4v) is 6.55. The van der Waals surface area contributed by atoms with Gasteiger partial charge in [-0.15, -0.1) is 0 Å². The number of piperidine rings is 1. The first-order valence-electron chi connectivity index (χ1n) is 16.1. The number of nitrogens with zero attached hydrogens (tertiary/aromatic N) is 8.